The van der Waals surface area contributed by atoms with Crippen LogP contribution in [-0.2, 0) is 49.5 Å². The third-order valence-corrected chi connectivity index (χ3v) is 5.32. The van der Waals surface area contributed by atoms with Crippen LogP contribution in [-0.4, -0.2) is 60.3 Å². The van der Waals surface area contributed by atoms with Crippen molar-refractivity contribution in [3.63, 3.8) is 0 Å². The Morgan fingerprint density at radius 1 is 1.26 bits per heavy atom. The van der Waals surface area contributed by atoms with Crippen LogP contribution in [0, 0.1) is 0 Å². The first kappa shape index (κ1) is 31.9. The zero-order chi connectivity index (χ0) is 28.6. The van der Waals surface area contributed by atoms with Gasteiger partial charge in [-0.05, 0) is 49.6 Å². The highest BCUT2D eigenvalue weighted by atomic mass is 31.2. The van der Waals surface area contributed by atoms with Crippen molar-refractivity contribution in [3.05, 3.63) is 47.6 Å². The number of carbonyl (C=O) groups is 3. The van der Waals surface area contributed by atoms with Crippen molar-refractivity contribution in [1.82, 2.24) is 9.55 Å². The topological polar surface area (TPSA) is 178 Å². The molecule has 1 aliphatic rings. The molecule has 3 N–H and O–H groups in total. The van der Waals surface area contributed by atoms with E-state index in [-0.39, 0.29) is 31.4 Å². The van der Waals surface area contributed by atoms with Crippen LogP contribution in [0.3, 0.4) is 0 Å². The number of benzene rings is 1. The minimum atomic E-state index is -2.29. The number of ketones is 1. The Morgan fingerprint density at radius 3 is 2.64 bits per heavy atom. The fraction of sp³-hybridized carbons (Fsp3) is 0.391. The molecule has 3 rings (SSSR count). The number of amides is 1. The van der Waals surface area contributed by atoms with Crippen LogP contribution in [0.1, 0.15) is 37.0 Å². The van der Waals surface area contributed by atoms with Gasteiger partial charge in [-0.15, -0.1) is 4.67 Å². The number of imidazole rings is 1. The molecule has 1 aromatic carbocycles. The van der Waals surface area contributed by atoms with Gasteiger partial charge in [0.2, 0.25) is 5.95 Å². The normalized spacial score (nSPS) is 13.3. The molecule has 214 valence electrons. The zero-order valence-electron chi connectivity index (χ0n) is 21.8. The van der Waals surface area contributed by atoms with Gasteiger partial charge in [0.25, 0.3) is 6.47 Å². The molecule has 0 aliphatic heterocycles. The lowest BCUT2D eigenvalue weighted by atomic mass is 9.98. The van der Waals surface area contributed by atoms with E-state index in [4.69, 9.17) is 14.5 Å². The average molecular weight is 572 g/mol. The second kappa shape index (κ2) is 17.3. The van der Waals surface area contributed by atoms with Crippen molar-refractivity contribution in [2.75, 3.05) is 26.3 Å². The van der Waals surface area contributed by atoms with E-state index in [1.165, 1.54) is 18.8 Å². The van der Waals surface area contributed by atoms with E-state index in [1.54, 1.807) is 38.1 Å². The maximum Gasteiger partial charge on any atom is 0.451 e. The van der Waals surface area contributed by atoms with E-state index >= 15 is 0 Å². The number of fused-ring (bicyclic) bond motifs is 1. The molecule has 39 heavy (non-hydrogen) atoms. The van der Waals surface area contributed by atoms with Crippen LogP contribution in [0.25, 0.3) is 11.0 Å². The van der Waals surface area contributed by atoms with Crippen LogP contribution >= 0.6 is 8.60 Å². The Hall–Kier alpha value is -3.27. The van der Waals surface area contributed by atoms with Crippen LogP contribution < -0.4 is 5.32 Å². The highest BCUT2D eigenvalue weighted by Crippen LogP contribution is 2.39. The van der Waals surface area contributed by atoms with Crippen LogP contribution in [0.5, 0.6) is 0 Å². The molecule has 0 radical (unpaired) electrons. The van der Waals surface area contributed by atoms with Crippen LogP contribution in [0.15, 0.2) is 42.0 Å². The first-order valence-corrected chi connectivity index (χ1v) is 12.5. The number of ether oxygens (including phenoxy) is 3. The molecule has 0 saturated carbocycles. The summed E-state index contributed by atoms with van der Waals surface area (Å²) in [6, 6.07) is 4.93. The molecule has 1 unspecified atom stereocenters. The number of rotatable bonds is 14. The number of carbonyl (C=O) groups excluding carboxylic acids is 3. The van der Waals surface area contributed by atoms with Gasteiger partial charge in [-0.1, -0.05) is 23.3 Å². The smallest absolute Gasteiger partial charge is 0.451 e. The second-order valence-electron chi connectivity index (χ2n) is 7.67. The average Bonchev–Trinajstić information content (AvgIpc) is 3.28. The quantitative estimate of drug-likeness (QED) is 0.0509. The third kappa shape index (κ3) is 10.4. The highest BCUT2D eigenvalue weighted by molar-refractivity contribution is 7.41. The largest absolute Gasteiger partial charge is 0.465 e. The molecule has 1 aliphatic carbocycles. The number of methoxy groups -OCH3 is 2. The monoisotopic (exact) mass is 572 g/mol. The van der Waals surface area contributed by atoms with Crippen molar-refractivity contribution in [2.24, 2.45) is 0 Å². The van der Waals surface area contributed by atoms with E-state index in [9.17, 15) is 14.4 Å². The van der Waals surface area contributed by atoms with Gasteiger partial charge >= 0.3 is 14.7 Å². The summed E-state index contributed by atoms with van der Waals surface area (Å²) in [6.45, 7) is 3.58. The maximum atomic E-state index is 12.8. The minimum Gasteiger partial charge on any atom is -0.465 e. The standard InChI is InChI=1S/C19H22N3O10P.C4H8O2/c1-26-12-28-31-32-33(30-25)29-11-22-16-9-8-14(17(23)13-6-4-3-5-7-13)10-15(16)20-18(22)21-19(24)27-2;1-4(2)6-3-5/h4,6-10,25H,3,5,11-12H2,1-2H3,(H,20,21,24);3-4H,1-2H3/p+1. The van der Waals surface area contributed by atoms with Gasteiger partial charge in [0.1, 0.15) is 6.73 Å². The summed E-state index contributed by atoms with van der Waals surface area (Å²) in [7, 11) is 0.293. The molecule has 1 aromatic heterocycles. The summed E-state index contributed by atoms with van der Waals surface area (Å²) in [5, 5.41) is 13.9. The highest BCUT2D eigenvalue weighted by Gasteiger charge is 2.22. The molecule has 1 amide bonds. The summed E-state index contributed by atoms with van der Waals surface area (Å²) < 4.78 is 29.5. The molecule has 1 atom stereocenters. The van der Waals surface area contributed by atoms with Crippen molar-refractivity contribution >= 4 is 43.9 Å². The number of Topliss-reactive ketones (excluding diaryl/α,β-unsaturated/α-hetero) is 1. The van der Waals surface area contributed by atoms with Gasteiger partial charge < -0.3 is 14.2 Å². The van der Waals surface area contributed by atoms with Gasteiger partial charge in [-0.2, -0.15) is 4.89 Å². The number of hydrogen-bond donors (Lipinski definition) is 1. The van der Waals surface area contributed by atoms with Gasteiger partial charge in [-0.3, -0.25) is 29.3 Å². The van der Waals surface area contributed by atoms with E-state index in [1.807, 2.05) is 12.2 Å². The lowest BCUT2D eigenvalue weighted by Gasteiger charge is -2.12. The number of aromatic nitrogens is 2. The van der Waals surface area contributed by atoms with Crippen LogP contribution in [0.2, 0.25) is 0 Å². The molecular formula is C23H31N3O12P+. The molecule has 15 nitrogen and oxygen atoms in total. The van der Waals surface area contributed by atoms with Crippen LogP contribution in [0.4, 0.5) is 10.7 Å². The fourth-order valence-corrected chi connectivity index (χ4v) is 3.41. The van der Waals surface area contributed by atoms with E-state index in [2.05, 4.69) is 39.1 Å². The second-order valence-corrected chi connectivity index (χ2v) is 8.71. The number of nitrogens with one attached hydrogen (secondary N) is 1. The first-order valence-electron chi connectivity index (χ1n) is 11.4. The Bertz CT molecular complexity index is 1150. The number of hydrogen-bond acceptors (Lipinski definition) is 12. The Morgan fingerprint density at radius 2 is 2.05 bits per heavy atom. The number of allylic oxidation sites excluding steroid dienone is 4. The molecule has 0 saturated heterocycles. The molecule has 16 heteroatoms. The van der Waals surface area contributed by atoms with Gasteiger partial charge in [0.05, 0.1) is 24.2 Å². The fourth-order valence-electron chi connectivity index (χ4n) is 2.98. The Balaban J connectivity index is 0.000000798. The van der Waals surface area contributed by atoms with Crippen molar-refractivity contribution < 1.29 is 57.6 Å². The maximum absolute atomic E-state index is 12.8. The summed E-state index contributed by atoms with van der Waals surface area (Å²) in [5.41, 5.74) is 2.01. The van der Waals surface area contributed by atoms with E-state index < -0.39 is 14.7 Å². The summed E-state index contributed by atoms with van der Waals surface area (Å²) in [4.78, 5) is 42.8. The van der Waals surface area contributed by atoms with Crippen molar-refractivity contribution in [3.8, 4) is 0 Å². The lowest BCUT2D eigenvalue weighted by molar-refractivity contribution is -0.490. The predicted octanol–water partition coefficient (Wildman–Crippen LogP) is 3.58. The van der Waals surface area contributed by atoms with Gasteiger partial charge in [0.15, 0.2) is 12.6 Å². The third-order valence-electron chi connectivity index (χ3n) is 4.67. The first-order chi connectivity index (χ1) is 18.8. The van der Waals surface area contributed by atoms with E-state index in [0.29, 0.717) is 28.6 Å². The Labute approximate surface area is 224 Å². The molecule has 0 bridgehead atoms. The molecule has 0 fully saturated rings. The zero-order valence-corrected chi connectivity index (χ0v) is 22.7. The minimum absolute atomic E-state index is 0.0301. The van der Waals surface area contributed by atoms with Gasteiger partial charge in [0, 0.05) is 18.2 Å². The summed E-state index contributed by atoms with van der Waals surface area (Å²) >= 11 is 0. The van der Waals surface area contributed by atoms with Crippen molar-refractivity contribution in [2.45, 2.75) is 39.5 Å². The summed E-state index contributed by atoms with van der Waals surface area (Å²) in [6.07, 6.45) is 6.63. The molecule has 1 heterocycles. The Kier molecular flexibility index (Phi) is 14.2. The SMILES string of the molecule is CC(C)OC=O.COCOOOP(O[OH2+])OCn1c(NC(=O)OC)nc2cc(C(=O)C3=CCCC=C3)ccc21. The van der Waals surface area contributed by atoms with Gasteiger partial charge in [-0.25, -0.2) is 9.78 Å². The van der Waals surface area contributed by atoms with Crippen molar-refractivity contribution in [1.29, 1.82) is 0 Å². The lowest BCUT2D eigenvalue weighted by Crippen LogP contribution is -2.16. The number of anilines is 1. The number of nitrogens with zero attached hydrogens (tertiary/aromatic N) is 2. The molecule has 0 spiro atoms. The summed E-state index contributed by atoms with van der Waals surface area (Å²) in [5.74, 6) is -0.0522. The predicted molar refractivity (Wildman–Crippen MR) is 137 cm³/mol. The van der Waals surface area contributed by atoms with E-state index in [0.717, 1.165) is 12.8 Å². The molecule has 2 aromatic rings. The molecular weight excluding hydrogens is 541 g/mol.